The number of rotatable bonds is 9. The number of likely N-dealkylation sites (tertiary alicyclic amines) is 2. The van der Waals surface area contributed by atoms with E-state index in [4.69, 9.17) is 14.7 Å². The monoisotopic (exact) mass is 602 g/mol. The van der Waals surface area contributed by atoms with Crippen LogP contribution >= 0.6 is 11.8 Å². The van der Waals surface area contributed by atoms with Gasteiger partial charge in [0.15, 0.2) is 11.6 Å². The van der Waals surface area contributed by atoms with Crippen molar-refractivity contribution in [1.29, 1.82) is 0 Å². The fourth-order valence-corrected chi connectivity index (χ4v) is 7.03. The molecule has 3 aliphatic rings. The van der Waals surface area contributed by atoms with Gasteiger partial charge in [-0.1, -0.05) is 32.4 Å². The second-order valence-corrected chi connectivity index (χ2v) is 13.2. The van der Waals surface area contributed by atoms with Crippen LogP contribution in [0.5, 0.6) is 5.75 Å². The first-order valence-corrected chi connectivity index (χ1v) is 16.3. The largest absolute Gasteiger partial charge is 0.495 e. The van der Waals surface area contributed by atoms with Crippen molar-refractivity contribution in [3.63, 3.8) is 0 Å². The van der Waals surface area contributed by atoms with Crippen molar-refractivity contribution < 1.29 is 9.53 Å². The highest BCUT2D eigenvalue weighted by Gasteiger charge is 2.28. The molecule has 0 spiro atoms. The number of nitrogens with one attached hydrogen (secondary N) is 4. The van der Waals surface area contributed by atoms with E-state index in [-0.39, 0.29) is 5.91 Å². The molecule has 0 radical (unpaired) electrons. The predicted molar refractivity (Wildman–Crippen MR) is 175 cm³/mol. The molecule has 11 heteroatoms. The second-order valence-electron chi connectivity index (χ2n) is 11.6. The summed E-state index contributed by atoms with van der Waals surface area (Å²) in [4.78, 5) is 28.7. The Morgan fingerprint density at radius 1 is 0.977 bits per heavy atom. The van der Waals surface area contributed by atoms with Gasteiger partial charge in [0.2, 0.25) is 5.95 Å². The van der Waals surface area contributed by atoms with Crippen molar-refractivity contribution in [1.82, 2.24) is 19.8 Å². The van der Waals surface area contributed by atoms with Gasteiger partial charge in [-0.25, -0.2) is 0 Å². The molecule has 0 aliphatic carbocycles. The van der Waals surface area contributed by atoms with Gasteiger partial charge in [0.05, 0.1) is 25.2 Å². The van der Waals surface area contributed by atoms with E-state index in [1.807, 2.05) is 35.2 Å². The third-order valence-electron chi connectivity index (χ3n) is 8.29. The van der Waals surface area contributed by atoms with Gasteiger partial charge in [0.25, 0.3) is 5.91 Å². The molecule has 2 aromatic carbocycles. The van der Waals surface area contributed by atoms with Crippen molar-refractivity contribution in [3.8, 4) is 5.75 Å². The summed E-state index contributed by atoms with van der Waals surface area (Å²) >= 11 is 1.80. The average Bonchev–Trinajstić information content (AvgIpc) is 3.51. The molecule has 43 heavy (non-hydrogen) atoms. The lowest BCUT2D eigenvalue weighted by molar-refractivity contribution is 0.0589. The SMILES string of the molecule is COc1cc(C(=O)N2CCC(N3CCCCC3)CC2)ccc1Nc1nc2c(c(Nc3ccccc3SC(C)C)n1)NCN2. The van der Waals surface area contributed by atoms with Crippen molar-refractivity contribution >= 4 is 52.3 Å². The number of ether oxygens (including phenoxy) is 1. The Morgan fingerprint density at radius 3 is 2.53 bits per heavy atom. The molecule has 0 atom stereocenters. The molecule has 10 nitrogen and oxygen atoms in total. The molecular formula is C32H42N8O2S. The van der Waals surface area contributed by atoms with Gasteiger partial charge in [-0.05, 0) is 69.1 Å². The summed E-state index contributed by atoms with van der Waals surface area (Å²) in [6, 6.07) is 14.4. The molecule has 2 saturated heterocycles. The fraction of sp³-hybridized carbons (Fsp3) is 0.469. The topological polar surface area (TPSA) is 107 Å². The average molecular weight is 603 g/mol. The number of para-hydroxylation sites is 1. The lowest BCUT2D eigenvalue weighted by Gasteiger charge is -2.40. The van der Waals surface area contributed by atoms with Crippen LogP contribution in [0.4, 0.5) is 34.6 Å². The van der Waals surface area contributed by atoms with Crippen molar-refractivity contribution in [3.05, 3.63) is 48.0 Å². The zero-order valence-electron chi connectivity index (χ0n) is 25.3. The molecule has 4 N–H and O–H groups in total. The number of aromatic nitrogens is 2. The highest BCUT2D eigenvalue weighted by Crippen LogP contribution is 2.38. The summed E-state index contributed by atoms with van der Waals surface area (Å²) in [5.74, 6) is 2.43. The quantitative estimate of drug-likeness (QED) is 0.207. The van der Waals surface area contributed by atoms with Crippen LogP contribution in [0, 0.1) is 0 Å². The zero-order valence-corrected chi connectivity index (χ0v) is 26.1. The number of carbonyl (C=O) groups is 1. The van der Waals surface area contributed by atoms with Crippen molar-refractivity contribution in [2.24, 2.45) is 0 Å². The first-order valence-electron chi connectivity index (χ1n) is 15.4. The lowest BCUT2D eigenvalue weighted by Crippen LogP contribution is -2.48. The number of fused-ring (bicyclic) bond motifs is 1. The molecule has 3 aromatic rings. The normalized spacial score (nSPS) is 17.3. The van der Waals surface area contributed by atoms with Gasteiger partial charge in [-0.3, -0.25) is 4.79 Å². The van der Waals surface area contributed by atoms with Crippen molar-refractivity contribution in [2.45, 2.75) is 62.1 Å². The van der Waals surface area contributed by atoms with Crippen LogP contribution in [0.1, 0.15) is 56.3 Å². The maximum atomic E-state index is 13.4. The Bertz CT molecular complexity index is 1440. The van der Waals surface area contributed by atoms with Crippen LogP contribution in [0.15, 0.2) is 47.4 Å². The number of thioether (sulfide) groups is 1. The van der Waals surface area contributed by atoms with E-state index in [2.05, 4.69) is 52.1 Å². The van der Waals surface area contributed by atoms with Gasteiger partial charge in [-0.15, -0.1) is 11.8 Å². The minimum Gasteiger partial charge on any atom is -0.495 e. The molecule has 4 heterocycles. The number of carbonyl (C=O) groups excluding carboxylic acids is 1. The van der Waals surface area contributed by atoms with Gasteiger partial charge >= 0.3 is 0 Å². The van der Waals surface area contributed by atoms with Gasteiger partial charge in [0.1, 0.15) is 11.4 Å². The smallest absolute Gasteiger partial charge is 0.253 e. The van der Waals surface area contributed by atoms with Crippen LogP contribution in [0.25, 0.3) is 0 Å². The molecule has 6 rings (SSSR count). The Hall–Kier alpha value is -3.70. The summed E-state index contributed by atoms with van der Waals surface area (Å²) < 4.78 is 5.72. The van der Waals surface area contributed by atoms with Gasteiger partial charge in [0, 0.05) is 34.8 Å². The van der Waals surface area contributed by atoms with E-state index < -0.39 is 0 Å². The summed E-state index contributed by atoms with van der Waals surface area (Å²) in [6.45, 7) is 8.92. The summed E-state index contributed by atoms with van der Waals surface area (Å²) in [7, 11) is 1.62. The van der Waals surface area contributed by atoms with E-state index in [1.54, 1.807) is 18.9 Å². The Labute approximate surface area is 258 Å². The number of benzene rings is 2. The molecule has 1 aromatic heterocycles. The van der Waals surface area contributed by atoms with Gasteiger partial charge < -0.3 is 35.8 Å². The molecule has 1 amide bonds. The maximum absolute atomic E-state index is 13.4. The molecule has 2 fully saturated rings. The number of nitrogens with zero attached hydrogens (tertiary/aromatic N) is 4. The molecule has 0 unspecified atom stereocenters. The standard InChI is InChI=1S/C32H42N8O2S/c1-21(2)43-27-10-6-5-9-25(27)35-30-28-29(34-20-33-28)37-32(38-30)36-24-12-11-22(19-26(24)42-3)31(41)40-17-13-23(14-18-40)39-15-7-4-8-16-39/h5-6,9-12,19,21,23,33H,4,7-8,13-18,20H2,1-3H3,(H3,34,35,36,37,38). The Morgan fingerprint density at radius 2 is 1.77 bits per heavy atom. The molecule has 0 saturated carbocycles. The van der Waals surface area contributed by atoms with E-state index in [0.717, 1.165) is 42.2 Å². The third-order valence-corrected chi connectivity index (χ3v) is 9.37. The molecule has 0 bridgehead atoms. The summed E-state index contributed by atoms with van der Waals surface area (Å²) in [5, 5.41) is 13.9. The number of amides is 1. The maximum Gasteiger partial charge on any atom is 0.253 e. The summed E-state index contributed by atoms with van der Waals surface area (Å²) in [6.07, 6.45) is 6.02. The van der Waals surface area contributed by atoms with Crippen LogP contribution < -0.4 is 26.0 Å². The fourth-order valence-electron chi connectivity index (χ4n) is 6.12. The predicted octanol–water partition coefficient (Wildman–Crippen LogP) is 6.36. The first kappa shape index (κ1) is 29.4. The molecule has 3 aliphatic heterocycles. The van der Waals surface area contributed by atoms with Crippen LogP contribution in [-0.4, -0.2) is 76.9 Å². The highest BCUT2D eigenvalue weighted by atomic mass is 32.2. The first-order chi connectivity index (χ1) is 21.0. The van der Waals surface area contributed by atoms with Crippen LogP contribution in [-0.2, 0) is 0 Å². The number of piperidine rings is 2. The lowest BCUT2D eigenvalue weighted by atomic mass is 9.99. The molecular weight excluding hydrogens is 560 g/mol. The number of hydrogen-bond donors (Lipinski definition) is 4. The zero-order chi connectivity index (χ0) is 29.8. The molecule has 228 valence electrons. The Balaban J connectivity index is 1.17. The van der Waals surface area contributed by atoms with Gasteiger partial charge in [-0.2, -0.15) is 9.97 Å². The van der Waals surface area contributed by atoms with E-state index in [9.17, 15) is 4.79 Å². The summed E-state index contributed by atoms with van der Waals surface area (Å²) in [5.41, 5.74) is 3.13. The minimum absolute atomic E-state index is 0.0513. The number of anilines is 6. The second kappa shape index (κ2) is 13.3. The minimum atomic E-state index is 0.0513. The number of hydrogen-bond acceptors (Lipinski definition) is 10. The van der Waals surface area contributed by atoms with E-state index in [1.165, 1.54) is 32.4 Å². The number of methoxy groups -OCH3 is 1. The van der Waals surface area contributed by atoms with E-state index in [0.29, 0.717) is 52.5 Å². The Kier molecular flexibility index (Phi) is 9.08. The van der Waals surface area contributed by atoms with Crippen LogP contribution in [0.2, 0.25) is 0 Å². The highest BCUT2D eigenvalue weighted by molar-refractivity contribution is 8.00. The van der Waals surface area contributed by atoms with E-state index >= 15 is 0 Å². The van der Waals surface area contributed by atoms with Crippen LogP contribution in [0.3, 0.4) is 0 Å². The third kappa shape index (κ3) is 6.78. The van der Waals surface area contributed by atoms with Crippen molar-refractivity contribution in [2.75, 3.05) is 61.2 Å².